The molecule has 0 aliphatic carbocycles. The van der Waals surface area contributed by atoms with Crippen LogP contribution in [0.4, 0.5) is 0 Å². The molecule has 0 amide bonds. The molecule has 1 aromatic carbocycles. The number of ether oxygens (including phenoxy) is 1. The highest BCUT2D eigenvalue weighted by Gasteiger charge is 2.24. The van der Waals surface area contributed by atoms with Crippen molar-refractivity contribution >= 4 is 0 Å². The van der Waals surface area contributed by atoms with Crippen LogP contribution in [0.15, 0.2) is 30.3 Å². The van der Waals surface area contributed by atoms with Crippen LogP contribution in [0, 0.1) is 0 Å². The molecule has 1 saturated heterocycles. The summed E-state index contributed by atoms with van der Waals surface area (Å²) in [7, 11) is 1.79. The lowest BCUT2D eigenvalue weighted by Crippen LogP contribution is -2.40. The van der Waals surface area contributed by atoms with Crippen molar-refractivity contribution < 1.29 is 4.74 Å². The summed E-state index contributed by atoms with van der Waals surface area (Å²) >= 11 is 0. The molecule has 2 heteroatoms. The number of piperidine rings is 1. The van der Waals surface area contributed by atoms with Crippen molar-refractivity contribution in [3.63, 3.8) is 0 Å². The monoisotopic (exact) mass is 219 g/mol. The summed E-state index contributed by atoms with van der Waals surface area (Å²) < 4.78 is 5.37. The van der Waals surface area contributed by atoms with Gasteiger partial charge in [0.25, 0.3) is 0 Å². The van der Waals surface area contributed by atoms with E-state index in [0.717, 1.165) is 13.2 Å². The standard InChI is InChI=1S/C14H21NO/c1-16-11-13(12-7-3-2-4-8-12)14-9-5-6-10-15-14/h2-4,7-8,13-15H,5-6,9-11H2,1H3. The number of benzene rings is 1. The van der Waals surface area contributed by atoms with E-state index in [1.165, 1.54) is 24.8 Å². The van der Waals surface area contributed by atoms with E-state index in [-0.39, 0.29) is 0 Å². The number of nitrogens with one attached hydrogen (secondary N) is 1. The molecule has 1 fully saturated rings. The Hall–Kier alpha value is -0.860. The Kier molecular flexibility index (Phi) is 4.37. The fraction of sp³-hybridized carbons (Fsp3) is 0.571. The van der Waals surface area contributed by atoms with Crippen molar-refractivity contribution in [3.8, 4) is 0 Å². The molecule has 0 bridgehead atoms. The molecule has 2 rings (SSSR count). The van der Waals surface area contributed by atoms with Crippen LogP contribution in [0.5, 0.6) is 0 Å². The van der Waals surface area contributed by atoms with Gasteiger partial charge >= 0.3 is 0 Å². The molecule has 1 N–H and O–H groups in total. The summed E-state index contributed by atoms with van der Waals surface area (Å²) in [5.74, 6) is 0.492. The van der Waals surface area contributed by atoms with Crippen molar-refractivity contribution in [2.45, 2.75) is 31.2 Å². The Bertz CT molecular complexity index is 293. The second-order valence-electron chi connectivity index (χ2n) is 4.53. The molecule has 1 aliphatic rings. The third-order valence-electron chi connectivity index (χ3n) is 3.41. The average molecular weight is 219 g/mol. The quantitative estimate of drug-likeness (QED) is 0.840. The molecule has 0 radical (unpaired) electrons. The molecule has 2 unspecified atom stereocenters. The molecule has 1 aromatic rings. The van der Waals surface area contributed by atoms with Crippen LogP contribution in [0.3, 0.4) is 0 Å². The Morgan fingerprint density at radius 1 is 1.31 bits per heavy atom. The zero-order valence-corrected chi connectivity index (χ0v) is 9.99. The molecule has 2 nitrogen and oxygen atoms in total. The first-order chi connectivity index (χ1) is 7.92. The predicted molar refractivity (Wildman–Crippen MR) is 66.7 cm³/mol. The van der Waals surface area contributed by atoms with Gasteiger partial charge in [0.15, 0.2) is 0 Å². The third-order valence-corrected chi connectivity index (χ3v) is 3.41. The maximum Gasteiger partial charge on any atom is 0.0545 e. The first kappa shape index (κ1) is 11.6. The van der Waals surface area contributed by atoms with Crippen molar-refractivity contribution in [1.29, 1.82) is 0 Å². The summed E-state index contributed by atoms with van der Waals surface area (Å²) in [5.41, 5.74) is 1.39. The smallest absolute Gasteiger partial charge is 0.0545 e. The largest absolute Gasteiger partial charge is 0.384 e. The molecule has 16 heavy (non-hydrogen) atoms. The van der Waals surface area contributed by atoms with Gasteiger partial charge < -0.3 is 10.1 Å². The van der Waals surface area contributed by atoms with E-state index < -0.39 is 0 Å². The highest BCUT2D eigenvalue weighted by Crippen LogP contribution is 2.25. The topological polar surface area (TPSA) is 21.3 Å². The lowest BCUT2D eigenvalue weighted by molar-refractivity contribution is 0.155. The molecule has 2 atom stereocenters. The van der Waals surface area contributed by atoms with Crippen LogP contribution in [-0.4, -0.2) is 26.3 Å². The van der Waals surface area contributed by atoms with Gasteiger partial charge in [0.1, 0.15) is 0 Å². The van der Waals surface area contributed by atoms with Crippen LogP contribution in [0.2, 0.25) is 0 Å². The minimum atomic E-state index is 0.492. The number of rotatable bonds is 4. The molecule has 1 heterocycles. The van der Waals surface area contributed by atoms with Crippen molar-refractivity contribution in [2.24, 2.45) is 0 Å². The molecular formula is C14H21NO. The van der Waals surface area contributed by atoms with Gasteiger partial charge in [-0.15, -0.1) is 0 Å². The summed E-state index contributed by atoms with van der Waals surface area (Å²) in [6, 6.07) is 11.3. The lowest BCUT2D eigenvalue weighted by Gasteiger charge is -2.31. The van der Waals surface area contributed by atoms with E-state index in [2.05, 4.69) is 35.6 Å². The summed E-state index contributed by atoms with van der Waals surface area (Å²) in [4.78, 5) is 0. The van der Waals surface area contributed by atoms with Crippen LogP contribution in [-0.2, 0) is 4.74 Å². The van der Waals surface area contributed by atoms with Crippen LogP contribution in [0.1, 0.15) is 30.7 Å². The van der Waals surface area contributed by atoms with Gasteiger partial charge in [0.05, 0.1) is 6.61 Å². The van der Waals surface area contributed by atoms with E-state index >= 15 is 0 Å². The zero-order chi connectivity index (χ0) is 11.2. The Morgan fingerprint density at radius 2 is 2.12 bits per heavy atom. The number of hydrogen-bond acceptors (Lipinski definition) is 2. The Labute approximate surface area is 98.0 Å². The predicted octanol–water partition coefficient (Wildman–Crippen LogP) is 2.56. The summed E-state index contributed by atoms with van der Waals surface area (Å²) in [6.07, 6.45) is 3.92. The molecule has 88 valence electrons. The van der Waals surface area contributed by atoms with Gasteiger partial charge in [-0.1, -0.05) is 36.8 Å². The first-order valence-corrected chi connectivity index (χ1v) is 6.19. The minimum absolute atomic E-state index is 0.492. The molecule has 1 aliphatic heterocycles. The Balaban J connectivity index is 2.09. The highest BCUT2D eigenvalue weighted by atomic mass is 16.5. The average Bonchev–Trinajstić information content (AvgIpc) is 2.38. The lowest BCUT2D eigenvalue weighted by atomic mass is 9.87. The highest BCUT2D eigenvalue weighted by molar-refractivity contribution is 5.21. The second-order valence-corrected chi connectivity index (χ2v) is 4.53. The molecule has 0 spiro atoms. The normalized spacial score (nSPS) is 22.9. The van der Waals surface area contributed by atoms with Gasteiger partial charge in [-0.3, -0.25) is 0 Å². The Morgan fingerprint density at radius 3 is 2.75 bits per heavy atom. The van der Waals surface area contributed by atoms with E-state index in [1.54, 1.807) is 7.11 Å². The van der Waals surface area contributed by atoms with Gasteiger partial charge in [-0.05, 0) is 24.9 Å². The van der Waals surface area contributed by atoms with Crippen LogP contribution < -0.4 is 5.32 Å². The van der Waals surface area contributed by atoms with Gasteiger partial charge in [0.2, 0.25) is 0 Å². The zero-order valence-electron chi connectivity index (χ0n) is 9.99. The molecule has 0 saturated carbocycles. The van der Waals surface area contributed by atoms with Crippen molar-refractivity contribution in [3.05, 3.63) is 35.9 Å². The van der Waals surface area contributed by atoms with E-state index in [9.17, 15) is 0 Å². The van der Waals surface area contributed by atoms with Crippen LogP contribution in [0.25, 0.3) is 0 Å². The number of hydrogen-bond donors (Lipinski definition) is 1. The first-order valence-electron chi connectivity index (χ1n) is 6.19. The summed E-state index contributed by atoms with van der Waals surface area (Å²) in [5, 5.41) is 3.62. The van der Waals surface area contributed by atoms with Gasteiger partial charge in [0, 0.05) is 19.1 Å². The fourth-order valence-corrected chi connectivity index (χ4v) is 2.55. The second kappa shape index (κ2) is 6.02. The fourth-order valence-electron chi connectivity index (χ4n) is 2.55. The third kappa shape index (κ3) is 2.83. The van der Waals surface area contributed by atoms with E-state index in [4.69, 9.17) is 4.74 Å². The van der Waals surface area contributed by atoms with E-state index in [0.29, 0.717) is 12.0 Å². The van der Waals surface area contributed by atoms with Crippen molar-refractivity contribution in [1.82, 2.24) is 5.32 Å². The van der Waals surface area contributed by atoms with Crippen LogP contribution >= 0.6 is 0 Å². The SMILES string of the molecule is COCC(c1ccccc1)C1CCCCN1. The minimum Gasteiger partial charge on any atom is -0.384 e. The van der Waals surface area contributed by atoms with Gasteiger partial charge in [-0.25, -0.2) is 0 Å². The number of methoxy groups -OCH3 is 1. The summed E-state index contributed by atoms with van der Waals surface area (Å²) in [6.45, 7) is 1.96. The maximum atomic E-state index is 5.37. The molecule has 0 aromatic heterocycles. The maximum absolute atomic E-state index is 5.37. The molecular weight excluding hydrogens is 198 g/mol. The van der Waals surface area contributed by atoms with Gasteiger partial charge in [-0.2, -0.15) is 0 Å². The van der Waals surface area contributed by atoms with E-state index in [1.807, 2.05) is 0 Å². The van der Waals surface area contributed by atoms with Crippen molar-refractivity contribution in [2.75, 3.05) is 20.3 Å².